The number of halogens is 2. The van der Waals surface area contributed by atoms with Crippen molar-refractivity contribution in [3.05, 3.63) is 63.2 Å². The molecule has 1 amide bonds. The quantitative estimate of drug-likeness (QED) is 0.557. The number of thiophene rings is 1. The summed E-state index contributed by atoms with van der Waals surface area (Å²) in [7, 11) is 0. The van der Waals surface area contributed by atoms with Crippen molar-refractivity contribution in [3.8, 4) is 11.3 Å². The third kappa shape index (κ3) is 3.82. The van der Waals surface area contributed by atoms with Crippen molar-refractivity contribution in [3.63, 3.8) is 0 Å². The Hall–Kier alpha value is -2.51. The maximum atomic E-state index is 12.8. The van der Waals surface area contributed by atoms with E-state index in [1.54, 1.807) is 24.3 Å². The molecule has 0 bridgehead atoms. The highest BCUT2D eigenvalue weighted by atomic mass is 35.5. The van der Waals surface area contributed by atoms with Gasteiger partial charge in [-0.2, -0.15) is 14.6 Å². The first-order valence-corrected chi connectivity index (χ1v) is 7.71. The molecule has 8 heteroatoms. The lowest BCUT2D eigenvalue weighted by molar-refractivity contribution is 0.0950. The second kappa shape index (κ2) is 6.72. The van der Waals surface area contributed by atoms with E-state index in [1.165, 1.54) is 12.3 Å². The van der Waals surface area contributed by atoms with Crippen LogP contribution in [0.3, 0.4) is 0 Å². The summed E-state index contributed by atoms with van der Waals surface area (Å²) in [5.74, 6) is -0.439. The Balaban J connectivity index is 1.66. The van der Waals surface area contributed by atoms with E-state index in [1.807, 2.05) is 12.1 Å². The standard InChI is InChI=1S/C15H10ClFN4OS/c16-10-3-1-9(2-4-10)12-7-13(20-19-12)15(22)21-18-8-11-5-6-14(17)23-11/h1-8H,(H,19,20)(H,21,22)/b18-8+. The van der Waals surface area contributed by atoms with E-state index in [0.29, 0.717) is 15.6 Å². The second-order valence-electron chi connectivity index (χ2n) is 4.51. The van der Waals surface area contributed by atoms with E-state index in [2.05, 4.69) is 20.7 Å². The molecule has 23 heavy (non-hydrogen) atoms. The Morgan fingerprint density at radius 1 is 1.30 bits per heavy atom. The van der Waals surface area contributed by atoms with Gasteiger partial charge in [-0.3, -0.25) is 9.89 Å². The molecule has 0 unspecified atom stereocenters. The van der Waals surface area contributed by atoms with Crippen LogP contribution in [0.15, 0.2) is 47.6 Å². The van der Waals surface area contributed by atoms with E-state index in [4.69, 9.17) is 11.6 Å². The molecule has 3 aromatic rings. The maximum Gasteiger partial charge on any atom is 0.289 e. The summed E-state index contributed by atoms with van der Waals surface area (Å²) in [5.41, 5.74) is 4.08. The number of carbonyl (C=O) groups is 1. The predicted molar refractivity (Wildman–Crippen MR) is 88.4 cm³/mol. The lowest BCUT2D eigenvalue weighted by atomic mass is 10.1. The Morgan fingerprint density at radius 3 is 2.78 bits per heavy atom. The van der Waals surface area contributed by atoms with Gasteiger partial charge in [0.25, 0.3) is 5.91 Å². The largest absolute Gasteiger partial charge is 0.289 e. The van der Waals surface area contributed by atoms with Gasteiger partial charge in [-0.25, -0.2) is 5.43 Å². The van der Waals surface area contributed by atoms with Crippen LogP contribution in [0.1, 0.15) is 15.4 Å². The minimum Gasteiger partial charge on any atom is -0.272 e. The number of aromatic amines is 1. The lowest BCUT2D eigenvalue weighted by Gasteiger charge is -1.95. The van der Waals surface area contributed by atoms with Gasteiger partial charge in [0.15, 0.2) is 5.13 Å². The summed E-state index contributed by atoms with van der Waals surface area (Å²) in [6, 6.07) is 11.6. The van der Waals surface area contributed by atoms with Gasteiger partial charge < -0.3 is 0 Å². The van der Waals surface area contributed by atoms with Crippen molar-refractivity contribution in [2.24, 2.45) is 5.10 Å². The first-order valence-electron chi connectivity index (χ1n) is 6.52. The van der Waals surface area contributed by atoms with Crippen LogP contribution in [0, 0.1) is 5.13 Å². The van der Waals surface area contributed by atoms with Crippen molar-refractivity contribution in [1.29, 1.82) is 0 Å². The molecule has 0 aliphatic rings. The third-order valence-corrected chi connectivity index (χ3v) is 3.97. The summed E-state index contributed by atoms with van der Waals surface area (Å²) in [5, 5.41) is 10.8. The molecule has 5 nitrogen and oxygen atoms in total. The highest BCUT2D eigenvalue weighted by Crippen LogP contribution is 2.20. The number of nitrogens with one attached hydrogen (secondary N) is 2. The van der Waals surface area contributed by atoms with Gasteiger partial charge in [0.2, 0.25) is 0 Å². The number of aromatic nitrogens is 2. The first kappa shape index (κ1) is 15.4. The summed E-state index contributed by atoms with van der Waals surface area (Å²) in [4.78, 5) is 12.6. The topological polar surface area (TPSA) is 70.1 Å². The number of benzene rings is 1. The Morgan fingerprint density at radius 2 is 2.09 bits per heavy atom. The zero-order chi connectivity index (χ0) is 16.2. The monoisotopic (exact) mass is 348 g/mol. The fraction of sp³-hybridized carbons (Fsp3) is 0. The zero-order valence-electron chi connectivity index (χ0n) is 11.6. The van der Waals surface area contributed by atoms with E-state index in [0.717, 1.165) is 16.9 Å². The first-order chi connectivity index (χ1) is 11.1. The highest BCUT2D eigenvalue weighted by Gasteiger charge is 2.10. The van der Waals surface area contributed by atoms with Crippen molar-refractivity contribution in [2.45, 2.75) is 0 Å². The number of amides is 1. The highest BCUT2D eigenvalue weighted by molar-refractivity contribution is 7.12. The van der Waals surface area contributed by atoms with Gasteiger partial charge in [-0.05, 0) is 30.3 Å². The SMILES string of the molecule is O=C(N/N=C/c1ccc(F)s1)c1cc(-c2ccc(Cl)cc2)n[nH]1. The second-order valence-corrected chi connectivity index (χ2v) is 6.02. The molecule has 0 spiro atoms. The molecule has 2 aromatic heterocycles. The smallest absolute Gasteiger partial charge is 0.272 e. The Labute approximate surface area is 139 Å². The predicted octanol–water partition coefficient (Wildman–Crippen LogP) is 3.69. The van der Waals surface area contributed by atoms with E-state index in [9.17, 15) is 9.18 Å². The van der Waals surface area contributed by atoms with Crippen LogP contribution in [0.4, 0.5) is 4.39 Å². The summed E-state index contributed by atoms with van der Waals surface area (Å²) in [6.45, 7) is 0. The van der Waals surface area contributed by atoms with Gasteiger partial charge in [0, 0.05) is 10.6 Å². The zero-order valence-corrected chi connectivity index (χ0v) is 13.2. The third-order valence-electron chi connectivity index (χ3n) is 2.91. The van der Waals surface area contributed by atoms with Crippen molar-refractivity contribution >= 4 is 35.1 Å². The van der Waals surface area contributed by atoms with Crippen LogP contribution >= 0.6 is 22.9 Å². The van der Waals surface area contributed by atoms with Crippen LogP contribution < -0.4 is 5.43 Å². The number of hydrogen-bond acceptors (Lipinski definition) is 4. The van der Waals surface area contributed by atoms with Crippen LogP contribution in [0.25, 0.3) is 11.3 Å². The number of nitrogens with zero attached hydrogens (tertiary/aromatic N) is 2. The van der Waals surface area contributed by atoms with Crippen LogP contribution in [0.5, 0.6) is 0 Å². The summed E-state index contributed by atoms with van der Waals surface area (Å²) in [6.07, 6.45) is 1.38. The van der Waals surface area contributed by atoms with E-state index in [-0.39, 0.29) is 10.8 Å². The van der Waals surface area contributed by atoms with Crippen LogP contribution in [0.2, 0.25) is 5.02 Å². The van der Waals surface area contributed by atoms with Gasteiger partial charge in [-0.1, -0.05) is 23.7 Å². The molecule has 1 aromatic carbocycles. The molecule has 0 aliphatic heterocycles. The Bertz CT molecular complexity index is 857. The average Bonchev–Trinajstić information content (AvgIpc) is 3.17. The lowest BCUT2D eigenvalue weighted by Crippen LogP contribution is -2.17. The molecule has 0 saturated heterocycles. The molecule has 0 fully saturated rings. The molecule has 2 heterocycles. The number of hydrazone groups is 1. The molecule has 0 saturated carbocycles. The minimum absolute atomic E-state index is 0.268. The summed E-state index contributed by atoms with van der Waals surface area (Å²) >= 11 is 6.77. The molecule has 0 aliphatic carbocycles. The number of rotatable bonds is 4. The molecular formula is C15H10ClFN4OS. The minimum atomic E-state index is -0.439. The van der Waals surface area contributed by atoms with E-state index < -0.39 is 5.91 Å². The summed E-state index contributed by atoms with van der Waals surface area (Å²) < 4.78 is 12.8. The number of carbonyl (C=O) groups excluding carboxylic acids is 1. The molecule has 2 N–H and O–H groups in total. The average molecular weight is 349 g/mol. The molecule has 0 radical (unpaired) electrons. The van der Waals surface area contributed by atoms with E-state index >= 15 is 0 Å². The number of hydrogen-bond donors (Lipinski definition) is 2. The maximum absolute atomic E-state index is 12.8. The van der Waals surface area contributed by atoms with Crippen molar-refractivity contribution < 1.29 is 9.18 Å². The fourth-order valence-electron chi connectivity index (χ4n) is 1.82. The van der Waals surface area contributed by atoms with Crippen molar-refractivity contribution in [1.82, 2.24) is 15.6 Å². The van der Waals surface area contributed by atoms with Crippen LogP contribution in [-0.4, -0.2) is 22.3 Å². The van der Waals surface area contributed by atoms with Gasteiger partial charge >= 0.3 is 0 Å². The Kier molecular flexibility index (Phi) is 4.50. The van der Waals surface area contributed by atoms with Crippen LogP contribution in [-0.2, 0) is 0 Å². The van der Waals surface area contributed by atoms with Gasteiger partial charge in [0.1, 0.15) is 5.69 Å². The fourth-order valence-corrected chi connectivity index (χ4v) is 2.55. The normalized spacial score (nSPS) is 11.0. The molecule has 116 valence electrons. The van der Waals surface area contributed by atoms with Gasteiger partial charge in [-0.15, -0.1) is 11.3 Å². The van der Waals surface area contributed by atoms with Gasteiger partial charge in [0.05, 0.1) is 16.8 Å². The molecular weight excluding hydrogens is 339 g/mol. The van der Waals surface area contributed by atoms with Crippen molar-refractivity contribution in [2.75, 3.05) is 0 Å². The number of H-pyrrole nitrogens is 1. The molecule has 0 atom stereocenters. The molecule has 3 rings (SSSR count).